The summed E-state index contributed by atoms with van der Waals surface area (Å²) in [6.07, 6.45) is 1.94. The third-order valence-electron chi connectivity index (χ3n) is 3.61. The van der Waals surface area contributed by atoms with Gasteiger partial charge in [0, 0.05) is 13.1 Å². The van der Waals surface area contributed by atoms with Crippen molar-refractivity contribution in [2.45, 2.75) is 47.5 Å². The van der Waals surface area contributed by atoms with Gasteiger partial charge in [0.05, 0.1) is 5.41 Å². The zero-order valence-corrected chi connectivity index (χ0v) is 12.8. The summed E-state index contributed by atoms with van der Waals surface area (Å²) in [5, 5.41) is 2.95. The van der Waals surface area contributed by atoms with Crippen molar-refractivity contribution in [2.75, 3.05) is 13.1 Å². The molecule has 0 spiro atoms. The summed E-state index contributed by atoms with van der Waals surface area (Å²) in [5.41, 5.74) is 5.58. The third-order valence-corrected chi connectivity index (χ3v) is 3.61. The van der Waals surface area contributed by atoms with Crippen molar-refractivity contribution in [3.63, 3.8) is 0 Å². The van der Waals surface area contributed by atoms with Crippen LogP contribution in [0.2, 0.25) is 0 Å². The first-order valence-electron chi connectivity index (χ1n) is 6.13. The molecule has 0 aromatic heterocycles. The highest BCUT2D eigenvalue weighted by Gasteiger charge is 2.66. The summed E-state index contributed by atoms with van der Waals surface area (Å²) >= 11 is 0. The fourth-order valence-corrected chi connectivity index (χ4v) is 2.74. The average molecular weight is 260 g/mol. The Kier molecular flexibility index (Phi) is 5.12. The van der Waals surface area contributed by atoms with Gasteiger partial charge in [-0.25, -0.2) is 0 Å². The molecule has 0 aromatic carbocycles. The maximum atomic E-state index is 12.2. The quantitative estimate of drug-likeness (QED) is 0.812. The Morgan fingerprint density at radius 2 is 1.82 bits per heavy atom. The first kappa shape index (κ1) is 16.8. The highest BCUT2D eigenvalue weighted by Crippen LogP contribution is 2.67. The predicted octanol–water partition coefficient (Wildman–Crippen LogP) is 2.03. The molecule has 1 aliphatic rings. The van der Waals surface area contributed by atoms with Gasteiger partial charge in [-0.2, -0.15) is 13.5 Å². The summed E-state index contributed by atoms with van der Waals surface area (Å²) in [5.74, 6) is 0.192. The molecule has 3 nitrogen and oxygen atoms in total. The molecule has 1 fully saturated rings. The molecule has 1 amide bonds. The molecule has 3 N–H and O–H groups in total. The van der Waals surface area contributed by atoms with E-state index in [1.807, 2.05) is 0 Å². The van der Waals surface area contributed by atoms with E-state index < -0.39 is 0 Å². The number of nitrogens with one attached hydrogen (secondary N) is 1. The van der Waals surface area contributed by atoms with Crippen LogP contribution in [0, 0.1) is 16.2 Å². The number of hydrogen-bond donors (Lipinski definition) is 2. The van der Waals surface area contributed by atoms with E-state index in [2.05, 4.69) is 39.9 Å². The van der Waals surface area contributed by atoms with Gasteiger partial charge in [0.25, 0.3) is 0 Å². The average Bonchev–Trinajstić information content (AvgIpc) is 2.62. The van der Waals surface area contributed by atoms with Gasteiger partial charge in [0.1, 0.15) is 0 Å². The number of nitrogens with two attached hydrogens (primary N) is 1. The number of carbonyl (C=O) groups excluding carboxylic acids is 1. The second-order valence-corrected chi connectivity index (χ2v) is 6.92. The number of rotatable bonds is 4. The molecular weight excluding hydrogens is 232 g/mol. The van der Waals surface area contributed by atoms with Crippen LogP contribution in [0.25, 0.3) is 0 Å². The van der Waals surface area contributed by atoms with Gasteiger partial charge in [-0.15, -0.1) is 0 Å². The Labute approximate surface area is 112 Å². The Bertz CT molecular complexity index is 284. The summed E-state index contributed by atoms with van der Waals surface area (Å²) in [6.45, 7) is 12.0. The second kappa shape index (κ2) is 5.19. The van der Waals surface area contributed by atoms with Gasteiger partial charge in [-0.05, 0) is 23.7 Å². The summed E-state index contributed by atoms with van der Waals surface area (Å²) in [7, 11) is 0. The molecule has 0 aliphatic heterocycles. The Balaban J connectivity index is 0.00000256. The van der Waals surface area contributed by atoms with Crippen LogP contribution in [0.4, 0.5) is 0 Å². The second-order valence-electron chi connectivity index (χ2n) is 6.92. The molecule has 102 valence electrons. The van der Waals surface area contributed by atoms with Crippen LogP contribution >= 0.6 is 13.5 Å². The zero-order chi connectivity index (χ0) is 12.6. The highest BCUT2D eigenvalue weighted by atomic mass is 32.1. The Morgan fingerprint density at radius 3 is 2.12 bits per heavy atom. The molecule has 1 unspecified atom stereocenters. The van der Waals surface area contributed by atoms with Gasteiger partial charge in [0.2, 0.25) is 5.91 Å². The van der Waals surface area contributed by atoms with Crippen molar-refractivity contribution in [1.29, 1.82) is 0 Å². The Hall–Kier alpha value is -0.220. The van der Waals surface area contributed by atoms with E-state index in [1.54, 1.807) is 0 Å². The molecule has 1 atom stereocenters. The van der Waals surface area contributed by atoms with Crippen molar-refractivity contribution in [3.05, 3.63) is 0 Å². The minimum absolute atomic E-state index is 0. The lowest BCUT2D eigenvalue weighted by molar-refractivity contribution is -0.128. The molecule has 1 aliphatic carbocycles. The molecule has 17 heavy (non-hydrogen) atoms. The first-order valence-corrected chi connectivity index (χ1v) is 6.13. The fourth-order valence-electron chi connectivity index (χ4n) is 2.74. The molecule has 0 saturated heterocycles. The van der Waals surface area contributed by atoms with Crippen LogP contribution in [0.5, 0.6) is 0 Å². The van der Waals surface area contributed by atoms with Crippen molar-refractivity contribution in [3.8, 4) is 0 Å². The molecule has 0 aromatic rings. The third kappa shape index (κ3) is 3.62. The van der Waals surface area contributed by atoms with Gasteiger partial charge in [-0.3, -0.25) is 4.79 Å². The topological polar surface area (TPSA) is 55.1 Å². The van der Waals surface area contributed by atoms with E-state index in [9.17, 15) is 4.79 Å². The smallest absolute Gasteiger partial charge is 0.226 e. The van der Waals surface area contributed by atoms with Crippen molar-refractivity contribution in [1.82, 2.24) is 5.32 Å². The van der Waals surface area contributed by atoms with Crippen LogP contribution in [0.1, 0.15) is 47.5 Å². The van der Waals surface area contributed by atoms with Crippen LogP contribution in [-0.4, -0.2) is 19.0 Å². The lowest BCUT2D eigenvalue weighted by Crippen LogP contribution is -2.39. The molecule has 0 heterocycles. The van der Waals surface area contributed by atoms with Gasteiger partial charge in [-0.1, -0.05) is 34.6 Å². The van der Waals surface area contributed by atoms with Crippen molar-refractivity contribution in [2.24, 2.45) is 22.0 Å². The normalized spacial score (nSPS) is 26.0. The molecule has 1 saturated carbocycles. The number of hydrogen-bond acceptors (Lipinski definition) is 2. The van der Waals surface area contributed by atoms with Crippen LogP contribution in [-0.2, 0) is 4.79 Å². The number of amides is 1. The van der Waals surface area contributed by atoms with E-state index in [1.165, 1.54) is 0 Å². The minimum Gasteiger partial charge on any atom is -0.354 e. The molecule has 1 rings (SSSR count). The summed E-state index contributed by atoms with van der Waals surface area (Å²) < 4.78 is 0. The van der Waals surface area contributed by atoms with Crippen LogP contribution < -0.4 is 11.1 Å². The van der Waals surface area contributed by atoms with E-state index in [-0.39, 0.29) is 35.6 Å². The lowest BCUT2D eigenvalue weighted by atomic mass is 9.78. The van der Waals surface area contributed by atoms with E-state index in [0.717, 1.165) is 12.8 Å². The van der Waals surface area contributed by atoms with E-state index in [0.29, 0.717) is 13.1 Å². The Morgan fingerprint density at radius 1 is 1.35 bits per heavy atom. The van der Waals surface area contributed by atoms with Gasteiger partial charge in [0.15, 0.2) is 0 Å². The van der Waals surface area contributed by atoms with Gasteiger partial charge >= 0.3 is 0 Å². The molecule has 4 heteroatoms. The summed E-state index contributed by atoms with van der Waals surface area (Å²) in [4.78, 5) is 12.2. The molecule has 0 bridgehead atoms. The zero-order valence-electron chi connectivity index (χ0n) is 11.8. The van der Waals surface area contributed by atoms with Crippen molar-refractivity contribution < 1.29 is 4.79 Å². The maximum Gasteiger partial charge on any atom is 0.226 e. The van der Waals surface area contributed by atoms with Crippen molar-refractivity contribution >= 4 is 19.4 Å². The molecular formula is C13H28N2OS. The van der Waals surface area contributed by atoms with Gasteiger partial charge < -0.3 is 11.1 Å². The standard InChI is InChI=1S/C13H26N2O.H2S/c1-11(2,3)8-13(9-12(13,4)5)10(16)15-7-6-14;/h6-9,14H2,1-5H3,(H,15,16);1H2. The lowest BCUT2D eigenvalue weighted by Gasteiger charge is -2.28. The maximum absolute atomic E-state index is 12.2. The largest absolute Gasteiger partial charge is 0.354 e. The highest BCUT2D eigenvalue weighted by molar-refractivity contribution is 7.59. The minimum atomic E-state index is -0.166. The number of carbonyl (C=O) groups is 1. The van der Waals surface area contributed by atoms with Crippen LogP contribution in [0.3, 0.4) is 0 Å². The SMILES string of the molecule is CC(C)(C)CC1(C(=O)NCCN)CC1(C)C.S. The predicted molar refractivity (Wildman–Crippen MR) is 77.3 cm³/mol. The monoisotopic (exact) mass is 260 g/mol. The van der Waals surface area contributed by atoms with E-state index in [4.69, 9.17) is 5.73 Å². The van der Waals surface area contributed by atoms with Crippen LogP contribution in [0.15, 0.2) is 0 Å². The van der Waals surface area contributed by atoms with E-state index >= 15 is 0 Å². The summed E-state index contributed by atoms with van der Waals surface area (Å²) in [6, 6.07) is 0. The first-order chi connectivity index (χ1) is 7.15. The molecule has 0 radical (unpaired) electrons. The fraction of sp³-hybridized carbons (Fsp3) is 0.923.